The third-order valence-corrected chi connectivity index (χ3v) is 7.40. The Labute approximate surface area is 213 Å². The van der Waals surface area contributed by atoms with Crippen LogP contribution in [0.5, 0.6) is 5.75 Å². The zero-order valence-electron chi connectivity index (χ0n) is 20.8. The van der Waals surface area contributed by atoms with Crippen LogP contribution in [0.2, 0.25) is 0 Å². The molecular weight excluding hydrogens is 452 g/mol. The second kappa shape index (κ2) is 10.7. The first kappa shape index (κ1) is 24.3. The fourth-order valence-electron chi connectivity index (χ4n) is 5.08. The fourth-order valence-corrected chi connectivity index (χ4v) is 5.08. The molecule has 0 saturated carbocycles. The van der Waals surface area contributed by atoms with Crippen LogP contribution in [0.15, 0.2) is 66.7 Å². The molecular formula is C30H34N2O4. The monoisotopic (exact) mass is 486 g/mol. The molecule has 3 aromatic carbocycles. The van der Waals surface area contributed by atoms with Crippen LogP contribution in [-0.2, 0) is 27.5 Å². The van der Waals surface area contributed by atoms with Crippen molar-refractivity contribution >= 4 is 12.2 Å². The first-order valence-electron chi connectivity index (χ1n) is 12.6. The Bertz CT molecular complexity index is 1200. The fraction of sp³-hybridized carbons (Fsp3) is 0.367. The van der Waals surface area contributed by atoms with Gasteiger partial charge in [0, 0.05) is 35.8 Å². The van der Waals surface area contributed by atoms with E-state index >= 15 is 0 Å². The second-order valence-corrected chi connectivity index (χ2v) is 10.1. The van der Waals surface area contributed by atoms with Gasteiger partial charge in [0.05, 0.1) is 13.2 Å². The van der Waals surface area contributed by atoms with Crippen LogP contribution in [0, 0.1) is 5.41 Å². The van der Waals surface area contributed by atoms with Gasteiger partial charge in [0.25, 0.3) is 6.47 Å². The molecule has 1 spiro atoms. The third kappa shape index (κ3) is 5.40. The van der Waals surface area contributed by atoms with E-state index < -0.39 is 0 Å². The van der Waals surface area contributed by atoms with E-state index in [-0.39, 0.29) is 12.6 Å². The molecule has 3 aromatic rings. The van der Waals surface area contributed by atoms with Gasteiger partial charge in [-0.15, -0.1) is 0 Å². The molecule has 2 aliphatic rings. The maximum Gasteiger partial charge on any atom is 0.293 e. The predicted octanol–water partition coefficient (Wildman–Crippen LogP) is 5.24. The van der Waals surface area contributed by atoms with Crippen molar-refractivity contribution in [2.75, 3.05) is 31.2 Å². The molecule has 6 heteroatoms. The predicted molar refractivity (Wildman–Crippen MR) is 141 cm³/mol. The molecule has 2 fully saturated rings. The highest BCUT2D eigenvalue weighted by atomic mass is 16.5. The number of carbonyl (C=O) groups is 1. The van der Waals surface area contributed by atoms with Crippen molar-refractivity contribution in [3.8, 4) is 16.9 Å². The van der Waals surface area contributed by atoms with Crippen LogP contribution in [0.3, 0.4) is 0 Å². The number of benzene rings is 3. The summed E-state index contributed by atoms with van der Waals surface area (Å²) in [7, 11) is 0. The molecule has 0 bridgehead atoms. The van der Waals surface area contributed by atoms with E-state index in [4.69, 9.17) is 19.9 Å². The zero-order chi connectivity index (χ0) is 25.0. The first-order chi connectivity index (χ1) is 17.5. The van der Waals surface area contributed by atoms with E-state index in [1.807, 2.05) is 31.2 Å². The van der Waals surface area contributed by atoms with Crippen molar-refractivity contribution < 1.29 is 19.0 Å². The normalized spacial score (nSPS) is 17.3. The number of hydrogen-bond donors (Lipinski definition) is 1. The van der Waals surface area contributed by atoms with Gasteiger partial charge in [0.2, 0.25) is 0 Å². The highest BCUT2D eigenvalue weighted by Crippen LogP contribution is 2.40. The van der Waals surface area contributed by atoms with Gasteiger partial charge in [-0.05, 0) is 72.4 Å². The number of anilines is 1. The average Bonchev–Trinajstić information content (AvgIpc) is 2.90. The summed E-state index contributed by atoms with van der Waals surface area (Å²) in [6, 6.07) is 22.8. The number of piperidine rings is 1. The lowest BCUT2D eigenvalue weighted by molar-refractivity contribution is -0.129. The highest BCUT2D eigenvalue weighted by molar-refractivity contribution is 5.70. The quantitative estimate of drug-likeness (QED) is 0.417. The van der Waals surface area contributed by atoms with Crippen LogP contribution in [0.25, 0.3) is 11.1 Å². The zero-order valence-corrected chi connectivity index (χ0v) is 20.8. The van der Waals surface area contributed by atoms with Crippen molar-refractivity contribution in [3.05, 3.63) is 83.4 Å². The van der Waals surface area contributed by atoms with Gasteiger partial charge < -0.3 is 24.8 Å². The molecule has 2 heterocycles. The second-order valence-electron chi connectivity index (χ2n) is 10.1. The van der Waals surface area contributed by atoms with Crippen LogP contribution in [0.4, 0.5) is 5.69 Å². The summed E-state index contributed by atoms with van der Waals surface area (Å²) < 4.78 is 16.7. The van der Waals surface area contributed by atoms with Crippen LogP contribution < -0.4 is 15.4 Å². The van der Waals surface area contributed by atoms with Crippen LogP contribution in [-0.4, -0.2) is 32.8 Å². The number of ether oxygens (including phenoxy) is 3. The summed E-state index contributed by atoms with van der Waals surface area (Å²) in [6.07, 6.45) is 2.32. The highest BCUT2D eigenvalue weighted by Gasteiger charge is 2.41. The molecule has 5 rings (SSSR count). The molecule has 0 radical (unpaired) electrons. The molecule has 0 aliphatic carbocycles. The van der Waals surface area contributed by atoms with Crippen molar-refractivity contribution in [1.82, 2.24) is 0 Å². The summed E-state index contributed by atoms with van der Waals surface area (Å²) >= 11 is 0. The molecule has 2 saturated heterocycles. The minimum Gasteiger partial charge on any atom is -0.488 e. The lowest BCUT2D eigenvalue weighted by atomic mass is 9.76. The number of carbonyl (C=O) groups excluding carboxylic acids is 1. The summed E-state index contributed by atoms with van der Waals surface area (Å²) in [4.78, 5) is 13.2. The largest absolute Gasteiger partial charge is 0.488 e. The number of nitrogens with two attached hydrogens (primary N) is 1. The van der Waals surface area contributed by atoms with Crippen LogP contribution in [0.1, 0.15) is 42.5 Å². The Morgan fingerprint density at radius 3 is 2.53 bits per heavy atom. The van der Waals surface area contributed by atoms with E-state index in [1.54, 1.807) is 0 Å². The van der Waals surface area contributed by atoms with Crippen molar-refractivity contribution in [3.63, 3.8) is 0 Å². The minimum absolute atomic E-state index is 0.0241. The van der Waals surface area contributed by atoms with Gasteiger partial charge in [-0.1, -0.05) is 36.4 Å². The van der Waals surface area contributed by atoms with Crippen molar-refractivity contribution in [2.45, 2.75) is 39.0 Å². The summed E-state index contributed by atoms with van der Waals surface area (Å²) in [6.45, 7) is 6.92. The molecule has 6 nitrogen and oxygen atoms in total. The topological polar surface area (TPSA) is 74.0 Å². The molecule has 188 valence electrons. The lowest BCUT2D eigenvalue weighted by Gasteiger charge is -2.48. The Morgan fingerprint density at radius 2 is 1.81 bits per heavy atom. The van der Waals surface area contributed by atoms with Gasteiger partial charge in [-0.2, -0.15) is 0 Å². The number of hydrogen-bond acceptors (Lipinski definition) is 6. The standard InChI is InChI=1S/C30H34N2O4/c1-22(31)24-6-4-7-25(15-24)27-13-23(17-36-29-8-3-2-5-26(29)18-34-21-33)14-28(16-27)32-11-9-30(10-12-32)19-35-20-30/h2-8,13-16,21-22H,9-12,17-20,31H2,1H3/t22-/m0/s1. The lowest BCUT2D eigenvalue weighted by Crippen LogP contribution is -2.50. The van der Waals surface area contributed by atoms with E-state index in [1.165, 1.54) is 5.69 Å². The Kier molecular flexibility index (Phi) is 7.25. The molecule has 0 aromatic heterocycles. The van der Waals surface area contributed by atoms with Gasteiger partial charge >= 0.3 is 0 Å². The number of para-hydroxylation sites is 1. The minimum atomic E-state index is -0.0241. The Balaban J connectivity index is 1.42. The van der Waals surface area contributed by atoms with Gasteiger partial charge in [0.1, 0.15) is 19.0 Å². The third-order valence-electron chi connectivity index (χ3n) is 7.40. The Hall–Kier alpha value is -3.35. The van der Waals surface area contributed by atoms with Crippen molar-refractivity contribution in [1.29, 1.82) is 0 Å². The SMILES string of the molecule is C[C@H](N)c1cccc(-c2cc(COc3ccccc3COC=O)cc(N3CCC4(CC3)COC4)c2)c1. The summed E-state index contributed by atoms with van der Waals surface area (Å²) in [5.74, 6) is 0.718. The van der Waals surface area contributed by atoms with E-state index in [0.29, 0.717) is 18.5 Å². The maximum atomic E-state index is 10.7. The van der Waals surface area contributed by atoms with Gasteiger partial charge in [-0.3, -0.25) is 4.79 Å². The summed E-state index contributed by atoms with van der Waals surface area (Å²) in [5.41, 5.74) is 13.1. The van der Waals surface area contributed by atoms with E-state index in [2.05, 4.69) is 47.4 Å². The summed E-state index contributed by atoms with van der Waals surface area (Å²) in [5, 5.41) is 0. The molecule has 36 heavy (non-hydrogen) atoms. The molecule has 0 unspecified atom stereocenters. The molecule has 2 N–H and O–H groups in total. The molecule has 2 aliphatic heterocycles. The van der Waals surface area contributed by atoms with Crippen LogP contribution >= 0.6 is 0 Å². The smallest absolute Gasteiger partial charge is 0.293 e. The van der Waals surface area contributed by atoms with E-state index in [9.17, 15) is 4.79 Å². The number of nitrogens with zero attached hydrogens (tertiary/aromatic N) is 1. The molecule has 0 amide bonds. The number of rotatable bonds is 9. The average molecular weight is 487 g/mol. The Morgan fingerprint density at radius 1 is 1.00 bits per heavy atom. The van der Waals surface area contributed by atoms with Crippen molar-refractivity contribution in [2.24, 2.45) is 11.1 Å². The first-order valence-corrected chi connectivity index (χ1v) is 12.6. The molecule has 1 atom stereocenters. The van der Waals surface area contributed by atoms with E-state index in [0.717, 1.165) is 72.7 Å². The maximum absolute atomic E-state index is 10.7. The van der Waals surface area contributed by atoms with Gasteiger partial charge in [0.15, 0.2) is 0 Å². The van der Waals surface area contributed by atoms with Gasteiger partial charge in [-0.25, -0.2) is 0 Å².